The minimum Gasteiger partial charge on any atom is -0.311 e. The van der Waals surface area contributed by atoms with E-state index in [-0.39, 0.29) is 0 Å². The van der Waals surface area contributed by atoms with Gasteiger partial charge in [-0.25, -0.2) is 0 Å². The van der Waals surface area contributed by atoms with Crippen LogP contribution in [0.2, 0.25) is 0 Å². The van der Waals surface area contributed by atoms with Gasteiger partial charge in [-0.2, -0.15) is 5.10 Å². The molecule has 0 atom stereocenters. The summed E-state index contributed by atoms with van der Waals surface area (Å²) in [6.45, 7) is 6.47. The largest absolute Gasteiger partial charge is 0.311 e. The summed E-state index contributed by atoms with van der Waals surface area (Å²) >= 11 is 0. The average Bonchev–Trinajstić information content (AvgIpc) is 3.03. The fraction of sp³-hybridized carbons (Fsp3) is 0.615. The molecule has 0 amide bonds. The Kier molecular flexibility index (Phi) is 5.25. The lowest BCUT2D eigenvalue weighted by atomic mass is 10.3. The highest BCUT2D eigenvalue weighted by Gasteiger charge is 2.04. The maximum Gasteiger partial charge on any atom is 0.0964 e. The third-order valence-electron chi connectivity index (χ3n) is 3.06. The minimum absolute atomic E-state index is 0.780. The molecule has 0 spiro atoms. The Morgan fingerprint density at radius 2 is 2.20 bits per heavy atom. The topological polar surface area (TPSA) is 63.8 Å². The molecule has 7 nitrogen and oxygen atoms in total. The van der Waals surface area contributed by atoms with Crippen molar-refractivity contribution in [2.45, 2.75) is 26.6 Å². The number of aryl methyl sites for hydroxylation is 1. The molecule has 20 heavy (non-hydrogen) atoms. The SMILES string of the molecule is CCNCc1cn(CCN(C)Cc2cnn(C)c2)nn1. The third-order valence-corrected chi connectivity index (χ3v) is 3.06. The van der Waals surface area contributed by atoms with Crippen LogP contribution in [0.1, 0.15) is 18.2 Å². The van der Waals surface area contributed by atoms with Gasteiger partial charge in [0.2, 0.25) is 0 Å². The van der Waals surface area contributed by atoms with Crippen LogP contribution >= 0.6 is 0 Å². The molecule has 0 fully saturated rings. The van der Waals surface area contributed by atoms with E-state index in [1.54, 1.807) is 0 Å². The second kappa shape index (κ2) is 7.16. The van der Waals surface area contributed by atoms with Crippen LogP contribution < -0.4 is 5.32 Å². The summed E-state index contributed by atoms with van der Waals surface area (Å²) in [7, 11) is 4.04. The molecule has 0 radical (unpaired) electrons. The predicted octanol–water partition coefficient (Wildman–Crippen LogP) is 0.253. The van der Waals surface area contributed by atoms with E-state index >= 15 is 0 Å². The Morgan fingerprint density at radius 3 is 2.90 bits per heavy atom. The van der Waals surface area contributed by atoms with Gasteiger partial charge in [0, 0.05) is 44.6 Å². The number of rotatable bonds is 8. The van der Waals surface area contributed by atoms with Crippen molar-refractivity contribution < 1.29 is 0 Å². The van der Waals surface area contributed by atoms with Crippen LogP contribution in [0, 0.1) is 0 Å². The summed E-state index contributed by atoms with van der Waals surface area (Å²) < 4.78 is 3.72. The van der Waals surface area contributed by atoms with Crippen LogP contribution in [-0.4, -0.2) is 49.8 Å². The molecule has 0 aliphatic rings. The van der Waals surface area contributed by atoms with Gasteiger partial charge in [0.1, 0.15) is 0 Å². The second-order valence-corrected chi connectivity index (χ2v) is 5.01. The van der Waals surface area contributed by atoms with Crippen molar-refractivity contribution in [3.8, 4) is 0 Å². The van der Waals surface area contributed by atoms with E-state index < -0.39 is 0 Å². The summed E-state index contributed by atoms with van der Waals surface area (Å²) in [5.74, 6) is 0. The highest BCUT2D eigenvalue weighted by Crippen LogP contribution is 2.01. The van der Waals surface area contributed by atoms with Gasteiger partial charge in [0.25, 0.3) is 0 Å². The minimum atomic E-state index is 0.780. The first-order valence-corrected chi connectivity index (χ1v) is 6.93. The molecule has 2 heterocycles. The summed E-state index contributed by atoms with van der Waals surface area (Å²) in [4.78, 5) is 2.25. The predicted molar refractivity (Wildman–Crippen MR) is 76.9 cm³/mol. The summed E-state index contributed by atoms with van der Waals surface area (Å²) in [6, 6.07) is 0. The van der Waals surface area contributed by atoms with Gasteiger partial charge >= 0.3 is 0 Å². The van der Waals surface area contributed by atoms with Gasteiger partial charge in [0.15, 0.2) is 0 Å². The Labute approximate surface area is 119 Å². The third kappa shape index (κ3) is 4.43. The molecule has 2 aromatic rings. The highest BCUT2D eigenvalue weighted by atomic mass is 15.4. The molecule has 0 aliphatic heterocycles. The molecular formula is C13H23N7. The number of hydrogen-bond acceptors (Lipinski definition) is 5. The van der Waals surface area contributed by atoms with Crippen molar-refractivity contribution >= 4 is 0 Å². The number of hydrogen-bond donors (Lipinski definition) is 1. The molecule has 7 heteroatoms. The lowest BCUT2D eigenvalue weighted by Crippen LogP contribution is -2.23. The maximum atomic E-state index is 4.18. The molecule has 0 aliphatic carbocycles. The monoisotopic (exact) mass is 277 g/mol. The molecule has 0 bridgehead atoms. The zero-order chi connectivity index (χ0) is 14.4. The van der Waals surface area contributed by atoms with Gasteiger partial charge in [-0.1, -0.05) is 12.1 Å². The normalized spacial score (nSPS) is 11.4. The van der Waals surface area contributed by atoms with E-state index in [9.17, 15) is 0 Å². The molecule has 0 unspecified atom stereocenters. The Balaban J connectivity index is 1.75. The smallest absolute Gasteiger partial charge is 0.0964 e. The van der Waals surface area contributed by atoms with Gasteiger partial charge in [-0.15, -0.1) is 5.10 Å². The van der Waals surface area contributed by atoms with Crippen LogP contribution in [0.4, 0.5) is 0 Å². The van der Waals surface area contributed by atoms with Crippen molar-refractivity contribution in [2.24, 2.45) is 7.05 Å². The van der Waals surface area contributed by atoms with Gasteiger partial charge in [-0.05, 0) is 13.6 Å². The molecule has 0 saturated carbocycles. The van der Waals surface area contributed by atoms with Crippen molar-refractivity contribution in [1.29, 1.82) is 0 Å². The van der Waals surface area contributed by atoms with Crippen molar-refractivity contribution in [2.75, 3.05) is 20.1 Å². The van der Waals surface area contributed by atoms with E-state index in [1.165, 1.54) is 5.56 Å². The van der Waals surface area contributed by atoms with Crippen LogP contribution in [0.3, 0.4) is 0 Å². The zero-order valence-electron chi connectivity index (χ0n) is 12.5. The van der Waals surface area contributed by atoms with E-state index in [0.717, 1.165) is 38.4 Å². The van der Waals surface area contributed by atoms with Crippen LogP contribution in [-0.2, 0) is 26.7 Å². The maximum absolute atomic E-state index is 4.18. The van der Waals surface area contributed by atoms with Crippen LogP contribution in [0.5, 0.6) is 0 Å². The molecule has 2 aromatic heterocycles. The van der Waals surface area contributed by atoms with Crippen LogP contribution in [0.25, 0.3) is 0 Å². The van der Waals surface area contributed by atoms with Crippen LogP contribution in [0.15, 0.2) is 18.6 Å². The first-order valence-electron chi connectivity index (χ1n) is 6.93. The Hall–Kier alpha value is -1.73. The first kappa shape index (κ1) is 14.7. The standard InChI is InChI=1S/C13H23N7/c1-4-14-8-13-11-20(17-16-13)6-5-18(2)9-12-7-15-19(3)10-12/h7,10-11,14H,4-6,8-9H2,1-3H3. The summed E-state index contributed by atoms with van der Waals surface area (Å²) in [5.41, 5.74) is 2.21. The lowest BCUT2D eigenvalue weighted by molar-refractivity contribution is 0.303. The van der Waals surface area contributed by atoms with E-state index in [0.29, 0.717) is 0 Å². The van der Waals surface area contributed by atoms with Gasteiger partial charge < -0.3 is 10.2 Å². The highest BCUT2D eigenvalue weighted by molar-refractivity contribution is 5.02. The quantitative estimate of drug-likeness (QED) is 0.749. The Morgan fingerprint density at radius 1 is 1.35 bits per heavy atom. The molecule has 0 saturated heterocycles. The lowest BCUT2D eigenvalue weighted by Gasteiger charge is -2.14. The number of aromatic nitrogens is 5. The van der Waals surface area contributed by atoms with Gasteiger partial charge in [0.05, 0.1) is 18.4 Å². The molecule has 110 valence electrons. The van der Waals surface area contributed by atoms with E-state index in [4.69, 9.17) is 0 Å². The molecule has 0 aromatic carbocycles. The number of nitrogens with zero attached hydrogens (tertiary/aromatic N) is 6. The number of nitrogens with one attached hydrogen (secondary N) is 1. The zero-order valence-corrected chi connectivity index (χ0v) is 12.5. The second-order valence-electron chi connectivity index (χ2n) is 5.01. The summed E-state index contributed by atoms with van der Waals surface area (Å²) in [6.07, 6.45) is 5.95. The van der Waals surface area contributed by atoms with Crippen molar-refractivity contribution in [1.82, 2.24) is 35.0 Å². The average molecular weight is 277 g/mol. The number of likely N-dealkylation sites (N-methyl/N-ethyl adjacent to an activating group) is 1. The summed E-state index contributed by atoms with van der Waals surface area (Å²) in [5, 5.41) is 15.7. The van der Waals surface area contributed by atoms with Crippen molar-refractivity contribution in [3.05, 3.63) is 29.8 Å². The fourth-order valence-corrected chi connectivity index (χ4v) is 2.00. The fourth-order valence-electron chi connectivity index (χ4n) is 2.00. The van der Waals surface area contributed by atoms with Gasteiger partial charge in [-0.3, -0.25) is 9.36 Å². The van der Waals surface area contributed by atoms with Crippen molar-refractivity contribution in [3.63, 3.8) is 0 Å². The molecular weight excluding hydrogens is 254 g/mol. The van der Waals surface area contributed by atoms with E-state index in [1.807, 2.05) is 35.0 Å². The molecule has 2 rings (SSSR count). The Bertz CT molecular complexity index is 516. The first-order chi connectivity index (χ1) is 9.67. The molecule has 1 N–H and O–H groups in total. The van der Waals surface area contributed by atoms with E-state index in [2.05, 4.69) is 39.6 Å².